The number of aryl methyl sites for hydroxylation is 1. The van der Waals surface area contributed by atoms with Crippen molar-refractivity contribution in [1.82, 2.24) is 10.2 Å². The number of esters is 1. The van der Waals surface area contributed by atoms with Crippen LogP contribution in [0.5, 0.6) is 0 Å². The Morgan fingerprint density at radius 2 is 2.10 bits per heavy atom. The van der Waals surface area contributed by atoms with Gasteiger partial charge in [0.05, 0.1) is 13.7 Å². The third-order valence-corrected chi connectivity index (χ3v) is 3.30. The normalized spacial score (nSPS) is 21.8. The average Bonchev–Trinajstić information content (AvgIpc) is 2.87. The standard InChI is InChI=1S/C14H18N2O4/c1-20-13(18)11-9-16(14(19)15-11)12(17)8-7-10-5-3-2-4-6-10/h2-6,11,14-15,19H,7-9H2,1H3/t11-,14?/m1/s1. The minimum atomic E-state index is -1.14. The zero-order valence-corrected chi connectivity index (χ0v) is 11.3. The fraction of sp³-hybridized carbons (Fsp3) is 0.429. The molecule has 1 aliphatic rings. The zero-order valence-electron chi connectivity index (χ0n) is 11.3. The summed E-state index contributed by atoms with van der Waals surface area (Å²) in [5.41, 5.74) is 1.06. The van der Waals surface area contributed by atoms with Crippen molar-refractivity contribution in [1.29, 1.82) is 0 Å². The van der Waals surface area contributed by atoms with E-state index in [9.17, 15) is 14.7 Å². The number of carbonyl (C=O) groups excluding carboxylic acids is 2. The SMILES string of the molecule is COC(=O)[C@H]1CN(C(=O)CCc2ccccc2)C(O)N1. The van der Waals surface area contributed by atoms with Crippen LogP contribution in [-0.4, -0.2) is 47.9 Å². The van der Waals surface area contributed by atoms with Gasteiger partial charge in [-0.2, -0.15) is 0 Å². The summed E-state index contributed by atoms with van der Waals surface area (Å²) in [5, 5.41) is 12.4. The quantitative estimate of drug-likeness (QED) is 0.750. The van der Waals surface area contributed by atoms with Gasteiger partial charge in [-0.1, -0.05) is 30.3 Å². The number of carbonyl (C=O) groups is 2. The van der Waals surface area contributed by atoms with Gasteiger partial charge in [-0.25, -0.2) is 0 Å². The van der Waals surface area contributed by atoms with Crippen molar-refractivity contribution in [2.24, 2.45) is 0 Å². The highest BCUT2D eigenvalue weighted by molar-refractivity contribution is 5.81. The van der Waals surface area contributed by atoms with Crippen molar-refractivity contribution < 1.29 is 19.4 Å². The maximum Gasteiger partial charge on any atom is 0.324 e. The molecule has 0 aliphatic carbocycles. The number of aliphatic hydroxyl groups excluding tert-OH is 1. The van der Waals surface area contributed by atoms with Crippen molar-refractivity contribution in [3.8, 4) is 0 Å². The minimum Gasteiger partial charge on any atom is -0.468 e. The minimum absolute atomic E-state index is 0.126. The highest BCUT2D eigenvalue weighted by Crippen LogP contribution is 2.12. The molecule has 2 rings (SSSR count). The first-order valence-corrected chi connectivity index (χ1v) is 6.47. The Bertz CT molecular complexity index is 477. The Kier molecular flexibility index (Phi) is 4.70. The summed E-state index contributed by atoms with van der Waals surface area (Å²) in [7, 11) is 1.27. The predicted molar refractivity (Wildman–Crippen MR) is 71.4 cm³/mol. The first kappa shape index (κ1) is 14.5. The van der Waals surface area contributed by atoms with Gasteiger partial charge in [0, 0.05) is 6.42 Å². The molecule has 1 unspecified atom stereocenters. The molecule has 0 radical (unpaired) electrons. The van der Waals surface area contributed by atoms with E-state index in [0.717, 1.165) is 5.56 Å². The molecular weight excluding hydrogens is 260 g/mol. The Labute approximate surface area is 117 Å². The molecular formula is C14H18N2O4. The van der Waals surface area contributed by atoms with Gasteiger partial charge in [-0.3, -0.25) is 14.9 Å². The molecule has 0 aromatic heterocycles. The van der Waals surface area contributed by atoms with Gasteiger partial charge in [0.15, 0.2) is 6.35 Å². The Morgan fingerprint density at radius 1 is 1.40 bits per heavy atom. The first-order valence-electron chi connectivity index (χ1n) is 6.47. The number of aliphatic hydroxyl groups is 1. The fourth-order valence-corrected chi connectivity index (χ4v) is 2.18. The molecule has 1 fully saturated rings. The lowest BCUT2D eigenvalue weighted by atomic mass is 10.1. The zero-order chi connectivity index (χ0) is 14.5. The summed E-state index contributed by atoms with van der Waals surface area (Å²) >= 11 is 0. The van der Waals surface area contributed by atoms with E-state index in [1.807, 2.05) is 30.3 Å². The highest BCUT2D eigenvalue weighted by atomic mass is 16.5. The first-order chi connectivity index (χ1) is 9.61. The molecule has 20 heavy (non-hydrogen) atoms. The van der Waals surface area contributed by atoms with E-state index in [-0.39, 0.29) is 18.9 Å². The van der Waals surface area contributed by atoms with Gasteiger partial charge in [0.25, 0.3) is 0 Å². The molecule has 1 aromatic rings. The van der Waals surface area contributed by atoms with Gasteiger partial charge in [0.2, 0.25) is 5.91 Å². The molecule has 1 aromatic carbocycles. The van der Waals surface area contributed by atoms with E-state index < -0.39 is 18.4 Å². The average molecular weight is 278 g/mol. The van der Waals surface area contributed by atoms with Crippen LogP contribution in [0.4, 0.5) is 0 Å². The van der Waals surface area contributed by atoms with Crippen LogP contribution in [0.15, 0.2) is 30.3 Å². The molecule has 0 bridgehead atoms. The van der Waals surface area contributed by atoms with Crippen LogP contribution in [0.1, 0.15) is 12.0 Å². The molecule has 1 saturated heterocycles. The summed E-state index contributed by atoms with van der Waals surface area (Å²) in [4.78, 5) is 24.7. The Hall–Kier alpha value is -1.92. The lowest BCUT2D eigenvalue weighted by molar-refractivity contribution is -0.142. The van der Waals surface area contributed by atoms with Crippen molar-refractivity contribution in [2.45, 2.75) is 25.2 Å². The van der Waals surface area contributed by atoms with E-state index in [2.05, 4.69) is 10.1 Å². The van der Waals surface area contributed by atoms with Gasteiger partial charge in [0.1, 0.15) is 6.04 Å². The maximum absolute atomic E-state index is 12.1. The monoisotopic (exact) mass is 278 g/mol. The number of hydrogen-bond acceptors (Lipinski definition) is 5. The largest absolute Gasteiger partial charge is 0.468 e. The predicted octanol–water partition coefficient (Wildman–Crippen LogP) is -0.132. The van der Waals surface area contributed by atoms with Crippen LogP contribution in [0.2, 0.25) is 0 Å². The number of amides is 1. The third kappa shape index (κ3) is 3.34. The second-order valence-electron chi connectivity index (χ2n) is 4.65. The van der Waals surface area contributed by atoms with Gasteiger partial charge in [-0.15, -0.1) is 0 Å². The molecule has 0 spiro atoms. The smallest absolute Gasteiger partial charge is 0.324 e. The Morgan fingerprint density at radius 3 is 2.75 bits per heavy atom. The van der Waals surface area contributed by atoms with E-state index in [1.54, 1.807) is 0 Å². The molecule has 1 aliphatic heterocycles. The van der Waals surface area contributed by atoms with Crippen LogP contribution in [-0.2, 0) is 20.7 Å². The van der Waals surface area contributed by atoms with Crippen molar-refractivity contribution in [2.75, 3.05) is 13.7 Å². The van der Waals surface area contributed by atoms with E-state index >= 15 is 0 Å². The lowest BCUT2D eigenvalue weighted by Crippen LogP contribution is -2.40. The van der Waals surface area contributed by atoms with Gasteiger partial charge >= 0.3 is 5.97 Å². The number of benzene rings is 1. The van der Waals surface area contributed by atoms with Gasteiger partial charge in [-0.05, 0) is 12.0 Å². The number of hydrogen-bond donors (Lipinski definition) is 2. The topological polar surface area (TPSA) is 78.9 Å². The van der Waals surface area contributed by atoms with E-state index in [0.29, 0.717) is 6.42 Å². The maximum atomic E-state index is 12.1. The molecule has 1 amide bonds. The van der Waals surface area contributed by atoms with Crippen LogP contribution >= 0.6 is 0 Å². The van der Waals surface area contributed by atoms with E-state index in [4.69, 9.17) is 0 Å². The highest BCUT2D eigenvalue weighted by Gasteiger charge is 2.37. The van der Waals surface area contributed by atoms with Crippen molar-refractivity contribution >= 4 is 11.9 Å². The van der Waals surface area contributed by atoms with Crippen LogP contribution in [0.25, 0.3) is 0 Å². The van der Waals surface area contributed by atoms with Crippen molar-refractivity contribution in [3.05, 3.63) is 35.9 Å². The fourth-order valence-electron chi connectivity index (χ4n) is 2.18. The molecule has 6 nitrogen and oxygen atoms in total. The number of rotatable bonds is 4. The molecule has 1 heterocycles. The summed E-state index contributed by atoms with van der Waals surface area (Å²) < 4.78 is 4.59. The second kappa shape index (κ2) is 6.49. The van der Waals surface area contributed by atoms with Crippen LogP contribution in [0, 0.1) is 0 Å². The third-order valence-electron chi connectivity index (χ3n) is 3.30. The number of nitrogens with zero attached hydrogens (tertiary/aromatic N) is 1. The molecule has 2 atom stereocenters. The number of methoxy groups -OCH3 is 1. The summed E-state index contributed by atoms with van der Waals surface area (Å²) in [5.74, 6) is -0.678. The summed E-state index contributed by atoms with van der Waals surface area (Å²) in [6, 6.07) is 8.97. The molecule has 0 saturated carbocycles. The Balaban J connectivity index is 1.88. The van der Waals surface area contributed by atoms with E-state index in [1.165, 1.54) is 12.0 Å². The summed E-state index contributed by atoms with van der Waals surface area (Å²) in [6.07, 6.45) is -0.245. The second-order valence-corrected chi connectivity index (χ2v) is 4.65. The summed E-state index contributed by atoms with van der Waals surface area (Å²) in [6.45, 7) is 0.126. The number of ether oxygens (including phenoxy) is 1. The van der Waals surface area contributed by atoms with Crippen LogP contribution < -0.4 is 5.32 Å². The molecule has 108 valence electrons. The molecule has 6 heteroatoms. The van der Waals surface area contributed by atoms with Gasteiger partial charge < -0.3 is 14.7 Å². The number of nitrogens with one attached hydrogen (secondary N) is 1. The lowest BCUT2D eigenvalue weighted by Gasteiger charge is -2.19. The van der Waals surface area contributed by atoms with Crippen molar-refractivity contribution in [3.63, 3.8) is 0 Å². The molecule has 2 N–H and O–H groups in total. The van der Waals surface area contributed by atoms with Crippen LogP contribution in [0.3, 0.4) is 0 Å².